The Kier molecular flexibility index (Phi) is 5.74. The summed E-state index contributed by atoms with van der Waals surface area (Å²) < 4.78 is 4.87. The Labute approximate surface area is 110 Å². The predicted molar refractivity (Wildman–Crippen MR) is 68.2 cm³/mol. The minimum atomic E-state index is -0.409. The van der Waals surface area contributed by atoms with Crippen LogP contribution >= 0.6 is 11.6 Å². The Bertz CT molecular complexity index is 411. The van der Waals surface area contributed by atoms with Gasteiger partial charge in [-0.3, -0.25) is 4.79 Å². The van der Waals surface area contributed by atoms with Crippen molar-refractivity contribution in [3.8, 4) is 11.5 Å². The first-order valence-corrected chi connectivity index (χ1v) is 5.91. The van der Waals surface area contributed by atoms with Crippen LogP contribution in [0.5, 0.6) is 11.5 Å². The van der Waals surface area contributed by atoms with Crippen molar-refractivity contribution < 1.29 is 19.7 Å². The quantitative estimate of drug-likeness (QED) is 0.686. The molecule has 0 heterocycles. The second-order valence-corrected chi connectivity index (χ2v) is 4.42. The molecule has 0 aliphatic rings. The summed E-state index contributed by atoms with van der Waals surface area (Å²) in [5.41, 5.74) is 0.116. The average molecular weight is 274 g/mol. The lowest BCUT2D eigenvalue weighted by atomic mass is 10.1. The molecule has 100 valence electrons. The van der Waals surface area contributed by atoms with Crippen LogP contribution in [0.2, 0.25) is 0 Å². The van der Waals surface area contributed by atoms with Crippen LogP contribution in [-0.2, 0) is 4.74 Å². The number of hydrogen-bond donors (Lipinski definition) is 3. The maximum Gasteiger partial charge on any atom is 0.255 e. The van der Waals surface area contributed by atoms with Crippen LogP contribution < -0.4 is 5.32 Å². The fourth-order valence-corrected chi connectivity index (χ4v) is 1.65. The Morgan fingerprint density at radius 3 is 2.83 bits per heavy atom. The number of alkyl halides is 1. The van der Waals surface area contributed by atoms with Crippen molar-refractivity contribution in [2.75, 3.05) is 20.3 Å². The number of aromatic hydroxyl groups is 2. The molecule has 1 amide bonds. The van der Waals surface area contributed by atoms with E-state index in [9.17, 15) is 9.90 Å². The van der Waals surface area contributed by atoms with Crippen molar-refractivity contribution in [2.45, 2.75) is 11.8 Å². The average Bonchev–Trinajstić information content (AvgIpc) is 2.29. The van der Waals surface area contributed by atoms with Gasteiger partial charge in [0.05, 0.1) is 17.5 Å². The summed E-state index contributed by atoms with van der Waals surface area (Å²) in [5, 5.41) is 21.1. The van der Waals surface area contributed by atoms with E-state index in [4.69, 9.17) is 21.4 Å². The van der Waals surface area contributed by atoms with Crippen LogP contribution in [0.25, 0.3) is 0 Å². The number of amides is 1. The summed E-state index contributed by atoms with van der Waals surface area (Å²) in [6.45, 7) is 0.804. The highest BCUT2D eigenvalue weighted by Gasteiger charge is 2.12. The lowest BCUT2D eigenvalue weighted by Crippen LogP contribution is -2.27. The first kappa shape index (κ1) is 14.6. The molecule has 1 rings (SSSR count). The molecule has 6 heteroatoms. The molecule has 0 aliphatic carbocycles. The topological polar surface area (TPSA) is 78.8 Å². The number of nitrogens with one attached hydrogen (secondary N) is 1. The van der Waals surface area contributed by atoms with Gasteiger partial charge in [-0.25, -0.2) is 0 Å². The van der Waals surface area contributed by atoms with E-state index in [1.54, 1.807) is 7.11 Å². The third kappa shape index (κ3) is 4.43. The molecule has 1 aromatic carbocycles. The third-order valence-electron chi connectivity index (χ3n) is 2.32. The fourth-order valence-electron chi connectivity index (χ4n) is 1.41. The molecule has 5 nitrogen and oxygen atoms in total. The van der Waals surface area contributed by atoms with E-state index >= 15 is 0 Å². The van der Waals surface area contributed by atoms with Crippen molar-refractivity contribution in [2.24, 2.45) is 0 Å². The summed E-state index contributed by atoms with van der Waals surface area (Å²) in [4.78, 5) is 11.7. The molecule has 0 saturated heterocycles. The largest absolute Gasteiger partial charge is 0.508 e. The van der Waals surface area contributed by atoms with E-state index < -0.39 is 5.91 Å². The molecule has 0 aliphatic heterocycles. The summed E-state index contributed by atoms with van der Waals surface area (Å²) in [5.74, 6) is -0.759. The van der Waals surface area contributed by atoms with Gasteiger partial charge in [0, 0.05) is 19.7 Å². The number of phenolic OH excluding ortho intramolecular Hbond substituents is 2. The van der Waals surface area contributed by atoms with E-state index in [0.29, 0.717) is 19.6 Å². The zero-order valence-corrected chi connectivity index (χ0v) is 10.8. The molecule has 1 unspecified atom stereocenters. The number of halogens is 1. The van der Waals surface area contributed by atoms with Gasteiger partial charge in [0.1, 0.15) is 11.5 Å². The van der Waals surface area contributed by atoms with Gasteiger partial charge in [-0.15, -0.1) is 11.6 Å². The van der Waals surface area contributed by atoms with Crippen LogP contribution in [0.4, 0.5) is 0 Å². The molecular formula is C12H16ClNO4. The second kappa shape index (κ2) is 7.08. The molecule has 3 N–H and O–H groups in total. The smallest absolute Gasteiger partial charge is 0.255 e. The highest BCUT2D eigenvalue weighted by atomic mass is 35.5. The molecule has 1 aromatic rings. The van der Waals surface area contributed by atoms with Crippen LogP contribution in [0.3, 0.4) is 0 Å². The summed E-state index contributed by atoms with van der Waals surface area (Å²) in [7, 11) is 1.56. The molecule has 1 atom stereocenters. The number of methoxy groups -OCH3 is 1. The van der Waals surface area contributed by atoms with E-state index in [1.165, 1.54) is 12.1 Å². The maximum absolute atomic E-state index is 11.7. The Morgan fingerprint density at radius 1 is 1.50 bits per heavy atom. The second-order valence-electron chi connectivity index (χ2n) is 3.80. The monoisotopic (exact) mass is 273 g/mol. The number of carbonyl (C=O) groups is 1. The molecule has 0 saturated carbocycles. The molecule has 0 spiro atoms. The number of hydrogen-bond acceptors (Lipinski definition) is 4. The summed E-state index contributed by atoms with van der Waals surface area (Å²) >= 11 is 5.90. The third-order valence-corrected chi connectivity index (χ3v) is 2.66. The van der Waals surface area contributed by atoms with Crippen molar-refractivity contribution in [1.29, 1.82) is 0 Å². The zero-order valence-electron chi connectivity index (χ0n) is 10.0. The van der Waals surface area contributed by atoms with E-state index in [-0.39, 0.29) is 22.4 Å². The normalized spacial score (nSPS) is 12.1. The maximum atomic E-state index is 11.7. The standard InChI is InChI=1S/C12H16ClNO4/c1-18-7-8(13)4-5-14-12(17)10-3-2-9(15)6-11(10)16/h2-3,6,8,15-16H,4-5,7H2,1H3,(H,14,17). The zero-order chi connectivity index (χ0) is 13.5. The van der Waals surface area contributed by atoms with Gasteiger partial charge in [0.25, 0.3) is 5.91 Å². The van der Waals surface area contributed by atoms with Crippen LogP contribution in [-0.4, -0.2) is 41.8 Å². The van der Waals surface area contributed by atoms with Gasteiger partial charge < -0.3 is 20.3 Å². The van der Waals surface area contributed by atoms with E-state index in [2.05, 4.69) is 5.32 Å². The lowest BCUT2D eigenvalue weighted by molar-refractivity contribution is 0.0949. The van der Waals surface area contributed by atoms with E-state index in [0.717, 1.165) is 6.07 Å². The number of phenols is 2. The van der Waals surface area contributed by atoms with Crippen LogP contribution in [0.15, 0.2) is 18.2 Å². The first-order chi connectivity index (χ1) is 8.54. The molecule has 0 fully saturated rings. The molecule has 0 bridgehead atoms. The predicted octanol–water partition coefficient (Wildman–Crippen LogP) is 1.47. The SMILES string of the molecule is COCC(Cl)CCNC(=O)c1ccc(O)cc1O. The van der Waals surface area contributed by atoms with Crippen molar-refractivity contribution in [1.82, 2.24) is 5.32 Å². The number of ether oxygens (including phenoxy) is 1. The first-order valence-electron chi connectivity index (χ1n) is 5.47. The van der Waals surface area contributed by atoms with Crippen molar-refractivity contribution in [3.05, 3.63) is 23.8 Å². The minimum Gasteiger partial charge on any atom is -0.508 e. The van der Waals surface area contributed by atoms with Crippen molar-refractivity contribution in [3.63, 3.8) is 0 Å². The highest BCUT2D eigenvalue weighted by molar-refractivity contribution is 6.20. The Hall–Kier alpha value is -1.46. The van der Waals surface area contributed by atoms with Gasteiger partial charge in [-0.1, -0.05) is 0 Å². The summed E-state index contributed by atoms with van der Waals surface area (Å²) in [6.07, 6.45) is 0.569. The van der Waals surface area contributed by atoms with Gasteiger partial charge in [-0.05, 0) is 18.6 Å². The van der Waals surface area contributed by atoms with E-state index in [1.807, 2.05) is 0 Å². The number of benzene rings is 1. The van der Waals surface area contributed by atoms with Crippen LogP contribution in [0, 0.1) is 0 Å². The molecule has 18 heavy (non-hydrogen) atoms. The molecular weight excluding hydrogens is 258 g/mol. The van der Waals surface area contributed by atoms with Gasteiger partial charge in [0.15, 0.2) is 0 Å². The fraction of sp³-hybridized carbons (Fsp3) is 0.417. The highest BCUT2D eigenvalue weighted by Crippen LogP contribution is 2.22. The summed E-state index contributed by atoms with van der Waals surface area (Å²) in [6, 6.07) is 3.81. The van der Waals surface area contributed by atoms with Crippen LogP contribution in [0.1, 0.15) is 16.8 Å². The molecule has 0 aromatic heterocycles. The molecule has 0 radical (unpaired) electrons. The van der Waals surface area contributed by atoms with Crippen molar-refractivity contribution >= 4 is 17.5 Å². The van der Waals surface area contributed by atoms with Gasteiger partial charge >= 0.3 is 0 Å². The number of rotatable bonds is 6. The Morgan fingerprint density at radius 2 is 2.22 bits per heavy atom. The number of carbonyl (C=O) groups excluding carboxylic acids is 1. The Balaban J connectivity index is 2.45. The van der Waals surface area contributed by atoms with Gasteiger partial charge in [0.2, 0.25) is 0 Å². The minimum absolute atomic E-state index is 0.0926. The van der Waals surface area contributed by atoms with Gasteiger partial charge in [-0.2, -0.15) is 0 Å². The lowest BCUT2D eigenvalue weighted by Gasteiger charge is -2.10.